The lowest BCUT2D eigenvalue weighted by atomic mass is 9.90. The van der Waals surface area contributed by atoms with Crippen molar-refractivity contribution in [1.82, 2.24) is 0 Å². The first-order chi connectivity index (χ1) is 9.80. The molecular weight excluding hydrogens is 268 g/mol. The molecule has 5 heteroatoms. The van der Waals surface area contributed by atoms with Gasteiger partial charge in [-0.15, -0.1) is 0 Å². The largest absolute Gasteiger partial charge is 0.508 e. The van der Waals surface area contributed by atoms with Crippen molar-refractivity contribution in [3.05, 3.63) is 18.2 Å². The number of nitrogens with zero attached hydrogens (tertiary/aromatic N) is 2. The van der Waals surface area contributed by atoms with Gasteiger partial charge in [-0.05, 0) is 32.4 Å². The first-order valence-corrected chi connectivity index (χ1v) is 7.23. The van der Waals surface area contributed by atoms with Gasteiger partial charge >= 0.3 is 0 Å². The van der Waals surface area contributed by atoms with E-state index in [4.69, 9.17) is 0 Å². The second-order valence-electron chi connectivity index (χ2n) is 5.97. The number of carbonyl (C=O) groups excluding carboxylic acids is 2. The molecular formula is C16H22N2O3. The maximum Gasteiger partial charge on any atom is 0.242 e. The Morgan fingerprint density at radius 3 is 2.43 bits per heavy atom. The molecule has 1 N–H and O–H groups in total. The van der Waals surface area contributed by atoms with Crippen molar-refractivity contribution in [3.63, 3.8) is 0 Å². The van der Waals surface area contributed by atoms with E-state index in [-0.39, 0.29) is 17.6 Å². The Labute approximate surface area is 125 Å². The number of rotatable bonds is 3. The van der Waals surface area contributed by atoms with Gasteiger partial charge in [0.25, 0.3) is 0 Å². The first-order valence-electron chi connectivity index (χ1n) is 7.23. The van der Waals surface area contributed by atoms with Gasteiger partial charge in [0.2, 0.25) is 11.8 Å². The molecule has 0 aromatic heterocycles. The maximum absolute atomic E-state index is 12.8. The predicted molar refractivity (Wildman–Crippen MR) is 82.6 cm³/mol. The van der Waals surface area contributed by atoms with Crippen LogP contribution in [0.4, 0.5) is 11.4 Å². The minimum Gasteiger partial charge on any atom is -0.508 e. The van der Waals surface area contributed by atoms with Crippen molar-refractivity contribution >= 4 is 23.2 Å². The summed E-state index contributed by atoms with van der Waals surface area (Å²) in [6.45, 7) is 5.93. The number of hydrogen-bond acceptors (Lipinski definition) is 3. The van der Waals surface area contributed by atoms with Gasteiger partial charge in [-0.1, -0.05) is 13.3 Å². The molecule has 2 rings (SSSR count). The molecule has 1 aliphatic rings. The van der Waals surface area contributed by atoms with E-state index < -0.39 is 5.41 Å². The Kier molecular flexibility index (Phi) is 3.94. The number of aromatic hydroxyl groups is 1. The van der Waals surface area contributed by atoms with Gasteiger partial charge in [-0.3, -0.25) is 9.59 Å². The van der Waals surface area contributed by atoms with Crippen molar-refractivity contribution < 1.29 is 14.7 Å². The van der Waals surface area contributed by atoms with Crippen LogP contribution < -0.4 is 9.80 Å². The topological polar surface area (TPSA) is 60.9 Å². The Morgan fingerprint density at radius 2 is 1.81 bits per heavy atom. The lowest BCUT2D eigenvalue weighted by molar-refractivity contribution is -0.137. The summed E-state index contributed by atoms with van der Waals surface area (Å²) in [6, 6.07) is 4.77. The lowest BCUT2D eigenvalue weighted by Crippen LogP contribution is -2.47. The summed E-state index contributed by atoms with van der Waals surface area (Å²) in [5, 5.41) is 9.70. The van der Waals surface area contributed by atoms with Crippen LogP contribution in [0.1, 0.15) is 33.6 Å². The normalized spacial score (nSPS) is 17.7. The van der Waals surface area contributed by atoms with Crippen LogP contribution in [-0.2, 0) is 9.59 Å². The third-order valence-corrected chi connectivity index (χ3v) is 3.97. The standard InChI is InChI=1S/C16H22N2O3/c1-5-6-9-18-12-8-7-11(19)10-13(12)17(4)14(20)16(2,3)15(18)21/h7-8,10,19H,5-6,9H2,1-4H3. The molecule has 0 unspecified atom stereocenters. The van der Waals surface area contributed by atoms with Gasteiger partial charge in [0, 0.05) is 19.7 Å². The average Bonchev–Trinajstić information content (AvgIpc) is 2.50. The van der Waals surface area contributed by atoms with Crippen molar-refractivity contribution in [2.75, 3.05) is 23.4 Å². The third kappa shape index (κ3) is 2.48. The summed E-state index contributed by atoms with van der Waals surface area (Å²) in [7, 11) is 1.64. The van der Waals surface area contributed by atoms with Gasteiger partial charge in [0.05, 0.1) is 11.4 Å². The maximum atomic E-state index is 12.8. The monoisotopic (exact) mass is 290 g/mol. The predicted octanol–water partition coefficient (Wildman–Crippen LogP) is 2.53. The Bertz CT molecular complexity index is 581. The van der Waals surface area contributed by atoms with Crippen molar-refractivity contribution in [2.24, 2.45) is 5.41 Å². The Hall–Kier alpha value is -2.04. The zero-order chi connectivity index (χ0) is 15.8. The summed E-state index contributed by atoms with van der Waals surface area (Å²) in [6.07, 6.45) is 1.82. The van der Waals surface area contributed by atoms with E-state index in [1.54, 1.807) is 37.9 Å². The highest BCUT2D eigenvalue weighted by Gasteiger charge is 2.45. The molecule has 0 saturated carbocycles. The molecule has 1 aliphatic heterocycles. The van der Waals surface area contributed by atoms with Crippen LogP contribution in [0, 0.1) is 5.41 Å². The highest BCUT2D eigenvalue weighted by Crippen LogP contribution is 2.40. The van der Waals surface area contributed by atoms with Crippen LogP contribution in [0.2, 0.25) is 0 Å². The van der Waals surface area contributed by atoms with Crippen molar-refractivity contribution in [1.29, 1.82) is 0 Å². The summed E-state index contributed by atoms with van der Waals surface area (Å²) in [5.41, 5.74) is 0.125. The Morgan fingerprint density at radius 1 is 1.14 bits per heavy atom. The van der Waals surface area contributed by atoms with Crippen LogP contribution >= 0.6 is 0 Å². The smallest absolute Gasteiger partial charge is 0.242 e. The number of benzene rings is 1. The zero-order valence-electron chi connectivity index (χ0n) is 13.0. The first kappa shape index (κ1) is 15.4. The number of amides is 2. The molecule has 0 fully saturated rings. The van der Waals surface area contributed by atoms with Crippen LogP contribution in [0.3, 0.4) is 0 Å². The molecule has 0 spiro atoms. The van der Waals surface area contributed by atoms with Crippen molar-refractivity contribution in [2.45, 2.75) is 33.6 Å². The van der Waals surface area contributed by atoms with Gasteiger partial charge in [-0.25, -0.2) is 0 Å². The molecule has 5 nitrogen and oxygen atoms in total. The summed E-state index contributed by atoms with van der Waals surface area (Å²) in [5.74, 6) is -0.383. The SMILES string of the molecule is CCCCN1C(=O)C(C)(C)C(=O)N(C)c2cc(O)ccc21. The van der Waals surface area contributed by atoms with Crippen molar-refractivity contribution in [3.8, 4) is 5.75 Å². The van der Waals surface area contributed by atoms with Crippen LogP contribution in [0.5, 0.6) is 5.75 Å². The molecule has 0 radical (unpaired) electrons. The van der Waals surface area contributed by atoms with E-state index in [1.807, 2.05) is 0 Å². The Balaban J connectivity index is 2.61. The quantitative estimate of drug-likeness (QED) is 0.870. The van der Waals surface area contributed by atoms with Crippen LogP contribution in [-0.4, -0.2) is 30.5 Å². The van der Waals surface area contributed by atoms with E-state index >= 15 is 0 Å². The zero-order valence-corrected chi connectivity index (χ0v) is 13.0. The number of hydrogen-bond donors (Lipinski definition) is 1. The molecule has 0 bridgehead atoms. The van der Waals surface area contributed by atoms with E-state index in [0.717, 1.165) is 12.8 Å². The summed E-state index contributed by atoms with van der Waals surface area (Å²) < 4.78 is 0. The van der Waals surface area contributed by atoms with Crippen LogP contribution in [0.15, 0.2) is 18.2 Å². The molecule has 1 aromatic carbocycles. The number of unbranched alkanes of at least 4 members (excludes halogenated alkanes) is 1. The van der Waals surface area contributed by atoms with Gasteiger partial charge in [0.15, 0.2) is 0 Å². The van der Waals surface area contributed by atoms with Gasteiger partial charge < -0.3 is 14.9 Å². The van der Waals surface area contributed by atoms with E-state index in [0.29, 0.717) is 17.9 Å². The number of anilines is 2. The molecule has 2 amide bonds. The second-order valence-corrected chi connectivity index (χ2v) is 5.97. The minimum atomic E-state index is -1.11. The fourth-order valence-corrected chi connectivity index (χ4v) is 2.61. The number of fused-ring (bicyclic) bond motifs is 1. The fourth-order valence-electron chi connectivity index (χ4n) is 2.61. The molecule has 0 saturated heterocycles. The average molecular weight is 290 g/mol. The molecule has 1 heterocycles. The van der Waals surface area contributed by atoms with E-state index in [1.165, 1.54) is 11.0 Å². The molecule has 21 heavy (non-hydrogen) atoms. The minimum absolute atomic E-state index is 0.0796. The fraction of sp³-hybridized carbons (Fsp3) is 0.500. The summed E-state index contributed by atoms with van der Waals surface area (Å²) >= 11 is 0. The van der Waals surface area contributed by atoms with Gasteiger partial charge in [0.1, 0.15) is 11.2 Å². The molecule has 0 aliphatic carbocycles. The summed E-state index contributed by atoms with van der Waals surface area (Å²) in [4.78, 5) is 28.5. The van der Waals surface area contributed by atoms with E-state index in [9.17, 15) is 14.7 Å². The third-order valence-electron chi connectivity index (χ3n) is 3.97. The highest BCUT2D eigenvalue weighted by molar-refractivity contribution is 6.20. The molecule has 1 aromatic rings. The van der Waals surface area contributed by atoms with E-state index in [2.05, 4.69) is 6.92 Å². The molecule has 114 valence electrons. The van der Waals surface area contributed by atoms with Crippen LogP contribution in [0.25, 0.3) is 0 Å². The number of phenols is 1. The second kappa shape index (κ2) is 5.39. The lowest BCUT2D eigenvalue weighted by Gasteiger charge is -2.28. The highest BCUT2D eigenvalue weighted by atomic mass is 16.3. The number of carbonyl (C=O) groups is 2. The number of phenolic OH excluding ortho intramolecular Hbond substituents is 1. The molecule has 0 atom stereocenters. The van der Waals surface area contributed by atoms with Gasteiger partial charge in [-0.2, -0.15) is 0 Å².